The minimum absolute atomic E-state index is 0.227. The molecule has 2 aromatic rings. The van der Waals surface area contributed by atoms with Crippen molar-refractivity contribution < 1.29 is 18.9 Å². The van der Waals surface area contributed by atoms with Crippen molar-refractivity contribution in [3.8, 4) is 11.5 Å². The zero-order valence-corrected chi connectivity index (χ0v) is 23.9. The molecule has 0 N–H and O–H groups in total. The van der Waals surface area contributed by atoms with Crippen LogP contribution in [-0.4, -0.2) is 38.6 Å². The van der Waals surface area contributed by atoms with Crippen molar-refractivity contribution in [3.05, 3.63) is 35.4 Å². The number of fused-ring (bicyclic) bond motifs is 1. The van der Waals surface area contributed by atoms with E-state index in [4.69, 9.17) is 18.9 Å². The third kappa shape index (κ3) is 3.77. The second kappa shape index (κ2) is 8.40. The van der Waals surface area contributed by atoms with Crippen molar-refractivity contribution in [2.45, 2.75) is 100 Å². The van der Waals surface area contributed by atoms with Gasteiger partial charge in [0.05, 0.1) is 13.2 Å². The Balaban J connectivity index is 1.14. The van der Waals surface area contributed by atoms with E-state index in [9.17, 15) is 0 Å². The van der Waals surface area contributed by atoms with Crippen LogP contribution in [0, 0.1) is 35.5 Å². The van der Waals surface area contributed by atoms with Gasteiger partial charge in [-0.05, 0) is 140 Å². The predicted octanol–water partition coefficient (Wildman–Crippen LogP) is 7.33. The van der Waals surface area contributed by atoms with Crippen molar-refractivity contribution in [1.29, 1.82) is 0 Å². The summed E-state index contributed by atoms with van der Waals surface area (Å²) in [6, 6.07) is 10.0. The third-order valence-electron chi connectivity index (χ3n) is 12.9. The molecule has 0 radical (unpaired) electrons. The van der Waals surface area contributed by atoms with E-state index in [0.29, 0.717) is 18.6 Å². The average molecular weight is 541 g/mol. The van der Waals surface area contributed by atoms with Crippen LogP contribution in [0.25, 0.3) is 10.8 Å². The lowest BCUT2D eigenvalue weighted by atomic mass is 9.47. The van der Waals surface area contributed by atoms with Crippen molar-refractivity contribution >= 4 is 10.8 Å². The second-order valence-corrected chi connectivity index (χ2v) is 15.9. The number of hydrogen-bond donors (Lipinski definition) is 0. The molecule has 2 atom stereocenters. The Bertz CT molecular complexity index is 1280. The Hall–Kier alpha value is -1.78. The lowest BCUT2D eigenvalue weighted by Gasteiger charge is -2.57. The topological polar surface area (TPSA) is 43.5 Å². The number of hydrogen-bond acceptors (Lipinski definition) is 4. The van der Waals surface area contributed by atoms with Crippen LogP contribution in [0.15, 0.2) is 24.3 Å². The highest BCUT2D eigenvalue weighted by Gasteiger charge is 2.54. The first-order valence-corrected chi connectivity index (χ1v) is 16.7. The molecule has 8 bridgehead atoms. The summed E-state index contributed by atoms with van der Waals surface area (Å²) < 4.78 is 24.6. The van der Waals surface area contributed by atoms with Gasteiger partial charge >= 0.3 is 0 Å². The van der Waals surface area contributed by atoms with Crippen molar-refractivity contribution in [1.82, 2.24) is 0 Å². The lowest BCUT2D eigenvalue weighted by molar-refractivity contribution is -0.00594. The fourth-order valence-electron chi connectivity index (χ4n) is 12.0. The summed E-state index contributed by atoms with van der Waals surface area (Å²) in [6.07, 6.45) is 17.5. The molecule has 4 nitrogen and oxygen atoms in total. The molecule has 2 saturated heterocycles. The molecular formula is C36H44O4. The van der Waals surface area contributed by atoms with E-state index in [1.165, 1.54) is 93.4 Å². The number of rotatable bonds is 8. The van der Waals surface area contributed by atoms with E-state index >= 15 is 0 Å². The molecule has 2 aliphatic heterocycles. The van der Waals surface area contributed by atoms with Gasteiger partial charge in [0, 0.05) is 11.0 Å². The highest BCUT2D eigenvalue weighted by atomic mass is 16.6. The first kappa shape index (κ1) is 23.7. The monoisotopic (exact) mass is 540 g/mol. The van der Waals surface area contributed by atoms with Crippen LogP contribution in [0.5, 0.6) is 11.5 Å². The standard InChI is InChI=1S/C36H44O4/c1-2-31-27(9-28(1)35-11-21-3-22(12-35)5-23(4-21)13-35)10-32(39-19-29-17-37-29)34(40-20-30-18-38-30)33(31)36-14-24-6-25(15-36)8-26(7-24)16-36/h1-2,9-10,21-26,29-30H,3-8,11-20H2. The molecule has 8 saturated carbocycles. The average Bonchev–Trinajstić information content (AvgIpc) is 3.84. The summed E-state index contributed by atoms with van der Waals surface area (Å²) in [7, 11) is 0. The summed E-state index contributed by atoms with van der Waals surface area (Å²) in [4.78, 5) is 0. The number of benzene rings is 2. The first-order valence-electron chi connectivity index (χ1n) is 16.7. The van der Waals surface area contributed by atoms with Gasteiger partial charge < -0.3 is 18.9 Å². The largest absolute Gasteiger partial charge is 0.487 e. The van der Waals surface area contributed by atoms with Gasteiger partial charge in [-0.1, -0.05) is 18.2 Å². The second-order valence-electron chi connectivity index (χ2n) is 15.9. The van der Waals surface area contributed by atoms with E-state index in [1.54, 1.807) is 5.56 Å². The molecule has 10 aliphatic rings. The summed E-state index contributed by atoms with van der Waals surface area (Å²) in [5.41, 5.74) is 3.75. The Morgan fingerprint density at radius 2 is 1.12 bits per heavy atom. The summed E-state index contributed by atoms with van der Waals surface area (Å²) in [5.74, 6) is 7.53. The summed E-state index contributed by atoms with van der Waals surface area (Å²) in [6.45, 7) is 2.89. The Labute approximate surface area is 238 Å². The molecule has 0 amide bonds. The van der Waals surface area contributed by atoms with Crippen LogP contribution < -0.4 is 9.47 Å². The van der Waals surface area contributed by atoms with Gasteiger partial charge in [-0.2, -0.15) is 0 Å². The predicted molar refractivity (Wildman–Crippen MR) is 154 cm³/mol. The molecule has 4 heteroatoms. The first-order chi connectivity index (χ1) is 19.6. The Morgan fingerprint density at radius 3 is 1.65 bits per heavy atom. The Morgan fingerprint density at radius 1 is 0.625 bits per heavy atom. The van der Waals surface area contributed by atoms with E-state index in [-0.39, 0.29) is 17.6 Å². The van der Waals surface area contributed by atoms with Gasteiger partial charge in [-0.3, -0.25) is 0 Å². The van der Waals surface area contributed by atoms with E-state index in [0.717, 1.165) is 60.2 Å². The van der Waals surface area contributed by atoms with Gasteiger partial charge in [-0.15, -0.1) is 0 Å². The molecule has 2 heterocycles. The number of epoxide rings is 2. The zero-order valence-electron chi connectivity index (χ0n) is 23.9. The van der Waals surface area contributed by atoms with Crippen LogP contribution >= 0.6 is 0 Å². The van der Waals surface area contributed by atoms with Gasteiger partial charge in [0.25, 0.3) is 0 Å². The van der Waals surface area contributed by atoms with Crippen molar-refractivity contribution in [2.75, 3.05) is 26.4 Å². The lowest BCUT2D eigenvalue weighted by Crippen LogP contribution is -2.49. The van der Waals surface area contributed by atoms with Crippen LogP contribution in [0.4, 0.5) is 0 Å². The van der Waals surface area contributed by atoms with Crippen molar-refractivity contribution in [2.24, 2.45) is 35.5 Å². The molecule has 2 aromatic carbocycles. The SMILES string of the molecule is c1cc2c(C34CC5CC(CC(C5)C3)C4)c(OCC3CO3)c(OCC3CO3)cc2cc1C12CC3CC(CC(C3)C1)C2. The number of ether oxygens (including phenoxy) is 4. The van der Waals surface area contributed by atoms with E-state index in [1.807, 2.05) is 0 Å². The highest BCUT2D eigenvalue weighted by Crippen LogP contribution is 2.65. The minimum Gasteiger partial charge on any atom is -0.487 e. The molecule has 12 rings (SSSR count). The van der Waals surface area contributed by atoms with E-state index in [2.05, 4.69) is 24.3 Å². The Kier molecular flexibility index (Phi) is 4.99. The van der Waals surface area contributed by atoms with Gasteiger partial charge in [-0.25, -0.2) is 0 Å². The van der Waals surface area contributed by atoms with Gasteiger partial charge in [0.2, 0.25) is 0 Å². The molecule has 0 aromatic heterocycles. The maximum atomic E-state index is 6.78. The molecule has 2 unspecified atom stereocenters. The fourth-order valence-corrected chi connectivity index (χ4v) is 12.0. The van der Waals surface area contributed by atoms with Crippen LogP contribution in [0.1, 0.15) is 88.2 Å². The molecule has 40 heavy (non-hydrogen) atoms. The van der Waals surface area contributed by atoms with Crippen LogP contribution in [0.2, 0.25) is 0 Å². The highest BCUT2D eigenvalue weighted by molar-refractivity contribution is 5.92. The van der Waals surface area contributed by atoms with E-state index < -0.39 is 0 Å². The molecule has 8 aliphatic carbocycles. The fraction of sp³-hybridized carbons (Fsp3) is 0.722. The maximum Gasteiger partial charge on any atom is 0.165 e. The van der Waals surface area contributed by atoms with Gasteiger partial charge in [0.15, 0.2) is 11.5 Å². The molecule has 0 spiro atoms. The van der Waals surface area contributed by atoms with Crippen LogP contribution in [0.3, 0.4) is 0 Å². The normalized spacial score (nSPS) is 45.3. The van der Waals surface area contributed by atoms with Crippen LogP contribution in [-0.2, 0) is 20.3 Å². The van der Waals surface area contributed by atoms with Gasteiger partial charge in [0.1, 0.15) is 25.4 Å². The zero-order chi connectivity index (χ0) is 26.1. The molecule has 10 fully saturated rings. The summed E-state index contributed by atoms with van der Waals surface area (Å²) >= 11 is 0. The molecular weight excluding hydrogens is 496 g/mol. The molecule has 212 valence electrons. The minimum atomic E-state index is 0.227. The summed E-state index contributed by atoms with van der Waals surface area (Å²) in [5, 5.41) is 2.83. The van der Waals surface area contributed by atoms with Crippen molar-refractivity contribution in [3.63, 3.8) is 0 Å². The third-order valence-corrected chi connectivity index (χ3v) is 12.9. The smallest absolute Gasteiger partial charge is 0.165 e. The quantitative estimate of drug-likeness (QED) is 0.329. The maximum absolute atomic E-state index is 6.78.